The summed E-state index contributed by atoms with van der Waals surface area (Å²) in [5.74, 6) is 0. The van der Waals surface area contributed by atoms with Crippen molar-refractivity contribution in [3.63, 3.8) is 0 Å². The maximum atomic E-state index is 10.5. The third-order valence-corrected chi connectivity index (χ3v) is 5.14. The van der Waals surface area contributed by atoms with Gasteiger partial charge in [0.1, 0.15) is 0 Å². The molecule has 2 aromatic rings. The Bertz CT molecular complexity index is 588. The second-order valence-electron chi connectivity index (χ2n) is 5.56. The number of aliphatic hydroxyl groups is 1. The van der Waals surface area contributed by atoms with Crippen LogP contribution in [0, 0.1) is 27.7 Å². The van der Waals surface area contributed by atoms with Gasteiger partial charge in [-0.15, -0.1) is 0 Å². The third kappa shape index (κ3) is 3.13. The SMILES string of the molecule is Cc1cc(C(O)Cc2c(C)cccc2C)cc(C)c1Br. The van der Waals surface area contributed by atoms with Crippen LogP contribution >= 0.6 is 15.9 Å². The molecule has 0 bridgehead atoms. The quantitative estimate of drug-likeness (QED) is 0.842. The molecule has 0 fully saturated rings. The van der Waals surface area contributed by atoms with E-state index in [2.05, 4.69) is 74.0 Å². The number of hydrogen-bond donors (Lipinski definition) is 1. The maximum absolute atomic E-state index is 10.5. The molecule has 106 valence electrons. The number of aryl methyl sites for hydroxylation is 4. The molecule has 20 heavy (non-hydrogen) atoms. The zero-order valence-electron chi connectivity index (χ0n) is 12.5. The Kier molecular flexibility index (Phi) is 4.66. The fourth-order valence-electron chi connectivity index (χ4n) is 2.65. The predicted octanol–water partition coefficient (Wildman–Crippen LogP) is 4.96. The Hall–Kier alpha value is -1.12. The van der Waals surface area contributed by atoms with Gasteiger partial charge in [0.15, 0.2) is 0 Å². The topological polar surface area (TPSA) is 20.2 Å². The molecule has 0 saturated carbocycles. The molecule has 1 unspecified atom stereocenters. The van der Waals surface area contributed by atoms with Crippen molar-refractivity contribution in [1.82, 2.24) is 0 Å². The Morgan fingerprint density at radius 2 is 1.45 bits per heavy atom. The van der Waals surface area contributed by atoms with Crippen LogP contribution in [-0.2, 0) is 6.42 Å². The van der Waals surface area contributed by atoms with E-state index in [4.69, 9.17) is 0 Å². The van der Waals surface area contributed by atoms with E-state index < -0.39 is 6.10 Å². The van der Waals surface area contributed by atoms with Gasteiger partial charge in [0.2, 0.25) is 0 Å². The van der Waals surface area contributed by atoms with Crippen LogP contribution in [0.3, 0.4) is 0 Å². The summed E-state index contributed by atoms with van der Waals surface area (Å²) in [6, 6.07) is 10.4. The highest BCUT2D eigenvalue weighted by atomic mass is 79.9. The van der Waals surface area contributed by atoms with Gasteiger partial charge < -0.3 is 5.11 Å². The molecule has 0 aliphatic rings. The molecule has 2 aromatic carbocycles. The zero-order valence-corrected chi connectivity index (χ0v) is 14.1. The summed E-state index contributed by atoms with van der Waals surface area (Å²) in [6.07, 6.45) is 0.208. The summed E-state index contributed by atoms with van der Waals surface area (Å²) in [5.41, 5.74) is 7.06. The Morgan fingerprint density at radius 1 is 0.950 bits per heavy atom. The monoisotopic (exact) mass is 332 g/mol. The van der Waals surface area contributed by atoms with E-state index in [0.717, 1.165) is 10.0 Å². The highest BCUT2D eigenvalue weighted by Gasteiger charge is 2.14. The third-order valence-electron chi connectivity index (χ3n) is 3.89. The van der Waals surface area contributed by atoms with Gasteiger partial charge in [0.25, 0.3) is 0 Å². The minimum absolute atomic E-state index is 0.458. The van der Waals surface area contributed by atoms with E-state index in [9.17, 15) is 5.11 Å². The van der Waals surface area contributed by atoms with Crippen molar-refractivity contribution in [3.8, 4) is 0 Å². The molecule has 0 aliphatic carbocycles. The van der Waals surface area contributed by atoms with Crippen LogP contribution in [0.4, 0.5) is 0 Å². The normalized spacial score (nSPS) is 12.5. The van der Waals surface area contributed by atoms with Crippen molar-refractivity contribution in [2.75, 3.05) is 0 Å². The molecule has 0 saturated heterocycles. The predicted molar refractivity (Wildman–Crippen MR) is 88.2 cm³/mol. The van der Waals surface area contributed by atoms with Gasteiger partial charge in [-0.05, 0) is 61.1 Å². The lowest BCUT2D eigenvalue weighted by atomic mass is 9.93. The van der Waals surface area contributed by atoms with Crippen LogP contribution < -0.4 is 0 Å². The molecule has 0 aromatic heterocycles. The first-order valence-corrected chi connectivity index (χ1v) is 7.69. The van der Waals surface area contributed by atoms with Crippen LogP contribution in [0.15, 0.2) is 34.8 Å². The standard InChI is InChI=1S/C18H21BrO/c1-11-6-5-7-12(2)16(11)10-17(20)15-8-13(3)18(19)14(4)9-15/h5-9,17,20H,10H2,1-4H3. The Morgan fingerprint density at radius 3 is 1.95 bits per heavy atom. The summed E-state index contributed by atoms with van der Waals surface area (Å²) in [7, 11) is 0. The smallest absolute Gasteiger partial charge is 0.0830 e. The molecule has 0 aliphatic heterocycles. The van der Waals surface area contributed by atoms with E-state index in [0.29, 0.717) is 6.42 Å². The van der Waals surface area contributed by atoms with Crippen molar-refractivity contribution < 1.29 is 5.11 Å². The first-order chi connectivity index (χ1) is 9.40. The van der Waals surface area contributed by atoms with Crippen LogP contribution in [0.25, 0.3) is 0 Å². The average Bonchev–Trinajstić information content (AvgIpc) is 2.39. The van der Waals surface area contributed by atoms with Gasteiger partial charge in [0, 0.05) is 10.9 Å². The van der Waals surface area contributed by atoms with Gasteiger partial charge in [-0.1, -0.05) is 46.3 Å². The first kappa shape index (κ1) is 15.3. The van der Waals surface area contributed by atoms with Crippen molar-refractivity contribution in [2.24, 2.45) is 0 Å². The second kappa shape index (κ2) is 6.11. The number of hydrogen-bond acceptors (Lipinski definition) is 1. The van der Waals surface area contributed by atoms with E-state index in [1.54, 1.807) is 0 Å². The molecule has 0 heterocycles. The Labute approximate surface area is 129 Å². The number of rotatable bonds is 3. The number of aliphatic hydroxyl groups excluding tert-OH is 1. The molecular weight excluding hydrogens is 312 g/mol. The van der Waals surface area contributed by atoms with Gasteiger partial charge in [0.05, 0.1) is 6.10 Å². The summed E-state index contributed by atoms with van der Waals surface area (Å²) in [4.78, 5) is 0. The van der Waals surface area contributed by atoms with Gasteiger partial charge in [-0.3, -0.25) is 0 Å². The Balaban J connectivity index is 2.31. The molecule has 2 rings (SSSR count). The van der Waals surface area contributed by atoms with Crippen LogP contribution in [0.1, 0.15) is 39.5 Å². The molecule has 0 amide bonds. The van der Waals surface area contributed by atoms with Gasteiger partial charge >= 0.3 is 0 Å². The molecule has 0 spiro atoms. The summed E-state index contributed by atoms with van der Waals surface area (Å²) in [5, 5.41) is 10.5. The molecule has 2 heteroatoms. The van der Waals surface area contributed by atoms with Crippen molar-refractivity contribution >= 4 is 15.9 Å². The highest BCUT2D eigenvalue weighted by Crippen LogP contribution is 2.28. The van der Waals surface area contributed by atoms with Crippen molar-refractivity contribution in [2.45, 2.75) is 40.2 Å². The van der Waals surface area contributed by atoms with Gasteiger partial charge in [-0.25, -0.2) is 0 Å². The average molecular weight is 333 g/mol. The van der Waals surface area contributed by atoms with Crippen LogP contribution in [-0.4, -0.2) is 5.11 Å². The largest absolute Gasteiger partial charge is 0.388 e. The minimum Gasteiger partial charge on any atom is -0.388 e. The van der Waals surface area contributed by atoms with Gasteiger partial charge in [-0.2, -0.15) is 0 Å². The van der Waals surface area contributed by atoms with Crippen molar-refractivity contribution in [3.05, 3.63) is 68.2 Å². The fraction of sp³-hybridized carbons (Fsp3) is 0.333. The van der Waals surface area contributed by atoms with E-state index in [-0.39, 0.29) is 0 Å². The number of benzene rings is 2. The molecule has 1 nitrogen and oxygen atoms in total. The number of halogens is 1. The molecule has 0 radical (unpaired) electrons. The van der Waals surface area contributed by atoms with E-state index >= 15 is 0 Å². The fourth-order valence-corrected chi connectivity index (χ4v) is 2.88. The van der Waals surface area contributed by atoms with E-state index in [1.807, 2.05) is 0 Å². The lowest BCUT2D eigenvalue weighted by Crippen LogP contribution is -2.06. The highest BCUT2D eigenvalue weighted by molar-refractivity contribution is 9.10. The van der Waals surface area contributed by atoms with Crippen LogP contribution in [0.5, 0.6) is 0 Å². The minimum atomic E-state index is -0.458. The summed E-state index contributed by atoms with van der Waals surface area (Å²) in [6.45, 7) is 8.33. The molecular formula is C18H21BrO. The first-order valence-electron chi connectivity index (χ1n) is 6.90. The van der Waals surface area contributed by atoms with E-state index in [1.165, 1.54) is 27.8 Å². The zero-order chi connectivity index (χ0) is 14.9. The lowest BCUT2D eigenvalue weighted by molar-refractivity contribution is 0.178. The van der Waals surface area contributed by atoms with Crippen molar-refractivity contribution in [1.29, 1.82) is 0 Å². The summed E-state index contributed by atoms with van der Waals surface area (Å²) >= 11 is 3.57. The molecule has 1 N–H and O–H groups in total. The summed E-state index contributed by atoms with van der Waals surface area (Å²) < 4.78 is 1.13. The molecule has 1 atom stereocenters. The maximum Gasteiger partial charge on any atom is 0.0830 e. The lowest BCUT2D eigenvalue weighted by Gasteiger charge is -2.17. The van der Waals surface area contributed by atoms with Crippen LogP contribution in [0.2, 0.25) is 0 Å². The second-order valence-corrected chi connectivity index (χ2v) is 6.35.